The average molecular weight is 407 g/mol. The quantitative estimate of drug-likeness (QED) is 0.551. The Labute approximate surface area is 176 Å². The third-order valence-electron chi connectivity index (χ3n) is 4.38. The van der Waals surface area contributed by atoms with Crippen molar-refractivity contribution in [2.45, 2.75) is 13.2 Å². The predicted octanol–water partition coefficient (Wildman–Crippen LogP) is 3.98. The SMILES string of the molecule is COc1ccccc1OCC(=O)NCc1ccc(OCc2ccccc2)c(OC)c1. The Morgan fingerprint density at radius 2 is 1.40 bits per heavy atom. The number of carbonyl (C=O) groups excluding carboxylic acids is 1. The molecule has 3 aromatic rings. The topological polar surface area (TPSA) is 66.0 Å². The maximum absolute atomic E-state index is 12.1. The van der Waals surface area contributed by atoms with Crippen molar-refractivity contribution >= 4 is 5.91 Å². The first-order chi connectivity index (χ1) is 14.7. The Balaban J connectivity index is 1.51. The number of carbonyl (C=O) groups is 1. The molecule has 3 aromatic carbocycles. The summed E-state index contributed by atoms with van der Waals surface area (Å²) < 4.78 is 22.0. The molecule has 0 radical (unpaired) electrons. The van der Waals surface area contributed by atoms with Gasteiger partial charge in [0.25, 0.3) is 5.91 Å². The lowest BCUT2D eigenvalue weighted by Crippen LogP contribution is -2.28. The number of rotatable bonds is 10. The zero-order valence-electron chi connectivity index (χ0n) is 17.1. The fourth-order valence-corrected chi connectivity index (χ4v) is 2.81. The number of hydrogen-bond donors (Lipinski definition) is 1. The standard InChI is InChI=1S/C24H25NO5/c1-27-20-10-6-7-11-21(20)30-17-24(26)25-15-19-12-13-22(23(14-19)28-2)29-16-18-8-4-3-5-9-18/h3-14H,15-17H2,1-2H3,(H,25,26). The molecule has 1 N–H and O–H groups in total. The van der Waals surface area contributed by atoms with Gasteiger partial charge in [-0.05, 0) is 35.4 Å². The van der Waals surface area contributed by atoms with E-state index in [4.69, 9.17) is 18.9 Å². The molecule has 3 rings (SSSR count). The Morgan fingerprint density at radius 1 is 0.733 bits per heavy atom. The highest BCUT2D eigenvalue weighted by Gasteiger charge is 2.09. The van der Waals surface area contributed by atoms with Gasteiger partial charge in [-0.2, -0.15) is 0 Å². The van der Waals surface area contributed by atoms with Crippen LogP contribution in [0.2, 0.25) is 0 Å². The van der Waals surface area contributed by atoms with Crippen LogP contribution in [0.4, 0.5) is 0 Å². The van der Waals surface area contributed by atoms with Crippen LogP contribution in [0.15, 0.2) is 72.8 Å². The van der Waals surface area contributed by atoms with Gasteiger partial charge in [0, 0.05) is 6.54 Å². The number of methoxy groups -OCH3 is 2. The number of amides is 1. The highest BCUT2D eigenvalue weighted by atomic mass is 16.5. The van der Waals surface area contributed by atoms with E-state index in [1.54, 1.807) is 26.4 Å². The Morgan fingerprint density at radius 3 is 2.13 bits per heavy atom. The second-order valence-corrected chi connectivity index (χ2v) is 6.48. The van der Waals surface area contributed by atoms with Crippen LogP contribution in [-0.2, 0) is 17.9 Å². The zero-order chi connectivity index (χ0) is 21.2. The monoisotopic (exact) mass is 407 g/mol. The molecule has 0 aliphatic carbocycles. The lowest BCUT2D eigenvalue weighted by molar-refractivity contribution is -0.123. The van der Waals surface area contributed by atoms with Gasteiger partial charge in [-0.15, -0.1) is 0 Å². The smallest absolute Gasteiger partial charge is 0.258 e. The van der Waals surface area contributed by atoms with Crippen LogP contribution >= 0.6 is 0 Å². The third-order valence-corrected chi connectivity index (χ3v) is 4.38. The van der Waals surface area contributed by atoms with Crippen molar-refractivity contribution in [2.75, 3.05) is 20.8 Å². The molecule has 30 heavy (non-hydrogen) atoms. The summed E-state index contributed by atoms with van der Waals surface area (Å²) >= 11 is 0. The van der Waals surface area contributed by atoms with Gasteiger partial charge in [-0.1, -0.05) is 48.5 Å². The van der Waals surface area contributed by atoms with E-state index in [0.29, 0.717) is 36.1 Å². The Bertz CT molecular complexity index is 959. The fraction of sp³-hybridized carbons (Fsp3) is 0.208. The molecule has 156 valence electrons. The second kappa shape index (κ2) is 10.8. The summed E-state index contributed by atoms with van der Waals surface area (Å²) in [6, 6.07) is 22.7. The van der Waals surface area contributed by atoms with Gasteiger partial charge in [0.05, 0.1) is 14.2 Å². The summed E-state index contributed by atoms with van der Waals surface area (Å²) in [5, 5.41) is 2.83. The molecular weight excluding hydrogens is 382 g/mol. The van der Waals surface area contributed by atoms with Crippen LogP contribution in [0.3, 0.4) is 0 Å². The number of hydrogen-bond acceptors (Lipinski definition) is 5. The summed E-state index contributed by atoms with van der Waals surface area (Å²) in [4.78, 5) is 12.1. The number of benzene rings is 3. The zero-order valence-corrected chi connectivity index (χ0v) is 17.1. The van der Waals surface area contributed by atoms with Crippen LogP contribution < -0.4 is 24.3 Å². The Hall–Kier alpha value is -3.67. The first kappa shape index (κ1) is 21.0. The molecule has 0 saturated carbocycles. The van der Waals surface area contributed by atoms with E-state index in [9.17, 15) is 4.79 Å². The molecule has 0 aliphatic rings. The van der Waals surface area contributed by atoms with Crippen molar-refractivity contribution in [3.05, 3.63) is 83.9 Å². The van der Waals surface area contributed by atoms with Crippen LogP contribution in [0.25, 0.3) is 0 Å². The largest absolute Gasteiger partial charge is 0.493 e. The normalized spacial score (nSPS) is 10.2. The van der Waals surface area contributed by atoms with Gasteiger partial charge in [0.15, 0.2) is 29.6 Å². The van der Waals surface area contributed by atoms with E-state index < -0.39 is 0 Å². The molecule has 0 aliphatic heterocycles. The van der Waals surface area contributed by atoms with E-state index in [-0.39, 0.29) is 12.5 Å². The number of nitrogens with one attached hydrogen (secondary N) is 1. The van der Waals surface area contributed by atoms with Gasteiger partial charge in [-0.25, -0.2) is 0 Å². The van der Waals surface area contributed by atoms with Crippen LogP contribution in [0.1, 0.15) is 11.1 Å². The predicted molar refractivity (Wildman–Crippen MR) is 114 cm³/mol. The summed E-state index contributed by atoms with van der Waals surface area (Å²) in [5.74, 6) is 2.14. The minimum atomic E-state index is -0.232. The van der Waals surface area contributed by atoms with Crippen molar-refractivity contribution in [2.24, 2.45) is 0 Å². The van der Waals surface area contributed by atoms with Crippen molar-refractivity contribution in [1.29, 1.82) is 0 Å². The molecule has 6 nitrogen and oxygen atoms in total. The molecule has 6 heteroatoms. The van der Waals surface area contributed by atoms with Crippen molar-refractivity contribution in [3.8, 4) is 23.0 Å². The molecule has 0 aromatic heterocycles. The third kappa shape index (κ3) is 5.91. The molecule has 0 fully saturated rings. The van der Waals surface area contributed by atoms with E-state index in [1.807, 2.05) is 60.7 Å². The second-order valence-electron chi connectivity index (χ2n) is 6.48. The van der Waals surface area contributed by atoms with Gasteiger partial charge in [0.2, 0.25) is 0 Å². The molecule has 0 saturated heterocycles. The average Bonchev–Trinajstić information content (AvgIpc) is 2.81. The summed E-state index contributed by atoms with van der Waals surface area (Å²) in [7, 11) is 3.15. The maximum Gasteiger partial charge on any atom is 0.258 e. The molecule has 0 unspecified atom stereocenters. The highest BCUT2D eigenvalue weighted by molar-refractivity contribution is 5.77. The van der Waals surface area contributed by atoms with Crippen LogP contribution in [0, 0.1) is 0 Å². The first-order valence-corrected chi connectivity index (χ1v) is 9.55. The summed E-state index contributed by atoms with van der Waals surface area (Å²) in [6.07, 6.45) is 0. The maximum atomic E-state index is 12.1. The fourth-order valence-electron chi connectivity index (χ4n) is 2.81. The molecule has 0 bridgehead atoms. The minimum absolute atomic E-state index is 0.101. The van der Waals surface area contributed by atoms with Crippen molar-refractivity contribution in [1.82, 2.24) is 5.32 Å². The summed E-state index contributed by atoms with van der Waals surface area (Å²) in [5.41, 5.74) is 1.97. The van der Waals surface area contributed by atoms with Crippen molar-refractivity contribution < 1.29 is 23.7 Å². The molecule has 0 heterocycles. The lowest BCUT2D eigenvalue weighted by Gasteiger charge is -2.13. The molecule has 0 atom stereocenters. The molecule has 0 spiro atoms. The van der Waals surface area contributed by atoms with Crippen LogP contribution in [0.5, 0.6) is 23.0 Å². The van der Waals surface area contributed by atoms with Gasteiger partial charge < -0.3 is 24.3 Å². The van der Waals surface area contributed by atoms with E-state index in [2.05, 4.69) is 5.32 Å². The van der Waals surface area contributed by atoms with E-state index in [1.165, 1.54) is 0 Å². The first-order valence-electron chi connectivity index (χ1n) is 9.55. The van der Waals surface area contributed by atoms with Gasteiger partial charge in [-0.3, -0.25) is 4.79 Å². The van der Waals surface area contributed by atoms with Crippen molar-refractivity contribution in [3.63, 3.8) is 0 Å². The summed E-state index contributed by atoms with van der Waals surface area (Å²) in [6.45, 7) is 0.701. The molecular formula is C24H25NO5. The van der Waals surface area contributed by atoms with E-state index in [0.717, 1.165) is 11.1 Å². The molecule has 1 amide bonds. The van der Waals surface area contributed by atoms with Gasteiger partial charge in [0.1, 0.15) is 6.61 Å². The highest BCUT2D eigenvalue weighted by Crippen LogP contribution is 2.29. The lowest BCUT2D eigenvalue weighted by atomic mass is 10.2. The Kier molecular flexibility index (Phi) is 7.55. The number of para-hydroxylation sites is 2. The van der Waals surface area contributed by atoms with Crippen LogP contribution in [-0.4, -0.2) is 26.7 Å². The minimum Gasteiger partial charge on any atom is -0.493 e. The van der Waals surface area contributed by atoms with E-state index >= 15 is 0 Å². The van der Waals surface area contributed by atoms with Gasteiger partial charge >= 0.3 is 0 Å². The number of ether oxygens (including phenoxy) is 4.